The lowest BCUT2D eigenvalue weighted by Gasteiger charge is -2.58. The Morgan fingerprint density at radius 2 is 2.21 bits per heavy atom. The Labute approximate surface area is 162 Å². The zero-order valence-electron chi connectivity index (χ0n) is 15.4. The number of hydrogen-bond acceptors (Lipinski definition) is 5. The van der Waals surface area contributed by atoms with Gasteiger partial charge in [0.1, 0.15) is 0 Å². The molecular formula is C21H21N3O4. The lowest BCUT2D eigenvalue weighted by Crippen LogP contribution is -2.69. The van der Waals surface area contributed by atoms with E-state index in [1.807, 2.05) is 11.0 Å². The fourth-order valence-electron chi connectivity index (χ4n) is 7.65. The van der Waals surface area contributed by atoms with Crippen molar-refractivity contribution in [2.24, 2.45) is 11.8 Å². The first-order valence-electron chi connectivity index (χ1n) is 10.2. The third kappa shape index (κ3) is 1.56. The van der Waals surface area contributed by atoms with Crippen LogP contribution < -0.4 is 4.90 Å². The molecule has 1 saturated carbocycles. The zero-order valence-corrected chi connectivity index (χ0v) is 15.4. The quantitative estimate of drug-likeness (QED) is 0.424. The molecule has 5 heterocycles. The minimum absolute atomic E-state index is 0.0400. The first-order chi connectivity index (χ1) is 13.6. The summed E-state index contributed by atoms with van der Waals surface area (Å²) in [6.45, 7) is 2.57. The van der Waals surface area contributed by atoms with Gasteiger partial charge >= 0.3 is 0 Å². The number of nitro benzene ring substituents is 1. The van der Waals surface area contributed by atoms with Crippen LogP contribution in [0.2, 0.25) is 0 Å². The maximum absolute atomic E-state index is 13.3. The number of carbonyl (C=O) groups is 1. The highest BCUT2D eigenvalue weighted by atomic mass is 16.6. The summed E-state index contributed by atoms with van der Waals surface area (Å²) < 4.78 is 6.20. The molecule has 28 heavy (non-hydrogen) atoms. The number of benzene rings is 1. The van der Waals surface area contributed by atoms with Crippen molar-refractivity contribution in [1.82, 2.24) is 4.90 Å². The van der Waals surface area contributed by atoms with E-state index in [1.54, 1.807) is 12.1 Å². The molecule has 6 atom stereocenters. The van der Waals surface area contributed by atoms with Crippen molar-refractivity contribution in [2.45, 2.75) is 42.9 Å². The second-order valence-electron chi connectivity index (χ2n) is 9.22. The zero-order chi connectivity index (χ0) is 18.8. The molecule has 7 heteroatoms. The normalized spacial score (nSPS) is 42.1. The lowest BCUT2D eigenvalue weighted by molar-refractivity contribution is -0.384. The second-order valence-corrected chi connectivity index (χ2v) is 9.22. The standard InChI is InChI=1S/C21H21N3O4/c25-18-9-16-19-13-8-17-21(4-5-22(17)10-11(13)3-6-28-16)14-7-12(24(26)27)1-2-15(14)23(18)20(19)21/h1-3,7,13,16-17,19-20H,4-6,8-10H2/t13-,16-,17-,19-,20-,21+/m0/s1. The molecule has 0 radical (unpaired) electrons. The summed E-state index contributed by atoms with van der Waals surface area (Å²) in [7, 11) is 0. The highest BCUT2D eigenvalue weighted by Crippen LogP contribution is 2.65. The number of anilines is 1. The van der Waals surface area contributed by atoms with Crippen LogP contribution in [0.3, 0.4) is 0 Å². The van der Waals surface area contributed by atoms with E-state index in [2.05, 4.69) is 11.0 Å². The summed E-state index contributed by atoms with van der Waals surface area (Å²) in [5.41, 5.74) is 3.35. The molecule has 1 amide bonds. The van der Waals surface area contributed by atoms with Gasteiger partial charge in [-0.3, -0.25) is 19.8 Å². The molecule has 7 rings (SSSR count). The van der Waals surface area contributed by atoms with Crippen molar-refractivity contribution in [3.8, 4) is 0 Å². The van der Waals surface area contributed by atoms with Gasteiger partial charge < -0.3 is 9.64 Å². The second kappa shape index (κ2) is 4.83. The Hall–Kier alpha value is -2.25. The Morgan fingerprint density at radius 1 is 1.32 bits per heavy atom. The van der Waals surface area contributed by atoms with Crippen molar-refractivity contribution in [1.29, 1.82) is 0 Å². The molecule has 6 aliphatic rings. The topological polar surface area (TPSA) is 75.9 Å². The average molecular weight is 379 g/mol. The number of carbonyl (C=O) groups excluding carboxylic acids is 1. The van der Waals surface area contributed by atoms with Gasteiger partial charge in [0.05, 0.1) is 30.1 Å². The molecule has 2 bridgehead atoms. The van der Waals surface area contributed by atoms with Gasteiger partial charge in [-0.25, -0.2) is 0 Å². The first kappa shape index (κ1) is 15.6. The number of nitro groups is 1. The van der Waals surface area contributed by atoms with Crippen molar-refractivity contribution in [2.75, 3.05) is 24.6 Å². The minimum atomic E-state index is -0.312. The van der Waals surface area contributed by atoms with E-state index in [4.69, 9.17) is 4.74 Å². The molecule has 4 fully saturated rings. The third-order valence-corrected chi connectivity index (χ3v) is 8.50. The minimum Gasteiger partial charge on any atom is -0.373 e. The molecule has 1 spiro atoms. The molecule has 7 nitrogen and oxygen atoms in total. The Bertz CT molecular complexity index is 990. The predicted molar refractivity (Wildman–Crippen MR) is 100 cm³/mol. The highest BCUT2D eigenvalue weighted by Gasteiger charge is 2.71. The van der Waals surface area contributed by atoms with Gasteiger partial charge in [-0.2, -0.15) is 0 Å². The van der Waals surface area contributed by atoms with Crippen LogP contribution in [0.1, 0.15) is 24.8 Å². The number of nitrogens with zero attached hydrogens (tertiary/aromatic N) is 3. The van der Waals surface area contributed by atoms with E-state index in [1.165, 1.54) is 5.57 Å². The molecule has 1 aromatic rings. The van der Waals surface area contributed by atoms with Gasteiger partial charge in [0.25, 0.3) is 5.69 Å². The number of amides is 1. The van der Waals surface area contributed by atoms with Crippen LogP contribution in [0.25, 0.3) is 0 Å². The molecule has 0 N–H and O–H groups in total. The van der Waals surface area contributed by atoms with Gasteiger partial charge in [0.15, 0.2) is 0 Å². The van der Waals surface area contributed by atoms with Crippen molar-refractivity contribution in [3.63, 3.8) is 0 Å². The van der Waals surface area contributed by atoms with Crippen LogP contribution in [-0.2, 0) is 14.9 Å². The molecule has 144 valence electrons. The Morgan fingerprint density at radius 3 is 3.07 bits per heavy atom. The summed E-state index contributed by atoms with van der Waals surface area (Å²) in [5, 5.41) is 11.5. The van der Waals surface area contributed by atoms with Crippen LogP contribution in [0, 0.1) is 22.0 Å². The molecule has 1 aromatic carbocycles. The van der Waals surface area contributed by atoms with E-state index >= 15 is 0 Å². The number of rotatable bonds is 1. The number of fused-ring (bicyclic) bond motifs is 2. The number of hydrogen-bond donors (Lipinski definition) is 0. The number of ether oxygens (including phenoxy) is 1. The van der Waals surface area contributed by atoms with E-state index in [-0.39, 0.29) is 40.0 Å². The van der Waals surface area contributed by atoms with E-state index in [0.29, 0.717) is 25.0 Å². The summed E-state index contributed by atoms with van der Waals surface area (Å²) in [4.78, 5) is 29.0. The number of non-ortho nitro benzene ring substituents is 1. The Kier molecular flexibility index (Phi) is 2.70. The summed E-state index contributed by atoms with van der Waals surface area (Å²) >= 11 is 0. The third-order valence-electron chi connectivity index (χ3n) is 8.50. The molecule has 0 aromatic heterocycles. The van der Waals surface area contributed by atoms with Crippen LogP contribution >= 0.6 is 0 Å². The van der Waals surface area contributed by atoms with Gasteiger partial charge in [-0.05, 0) is 36.9 Å². The first-order valence-corrected chi connectivity index (χ1v) is 10.2. The van der Waals surface area contributed by atoms with Crippen LogP contribution in [-0.4, -0.2) is 53.6 Å². The van der Waals surface area contributed by atoms with Crippen molar-refractivity contribution < 1.29 is 14.5 Å². The van der Waals surface area contributed by atoms with Crippen LogP contribution in [0.4, 0.5) is 11.4 Å². The van der Waals surface area contributed by atoms with Gasteiger partial charge in [-0.15, -0.1) is 0 Å². The maximum atomic E-state index is 13.3. The maximum Gasteiger partial charge on any atom is 0.269 e. The molecule has 0 unspecified atom stereocenters. The molecule has 3 saturated heterocycles. The monoisotopic (exact) mass is 379 g/mol. The average Bonchev–Trinajstić information content (AvgIpc) is 3.15. The largest absolute Gasteiger partial charge is 0.373 e. The SMILES string of the molecule is O=C1C[C@@H]2OCC=C3CN4CC[C@]56c7cc([N+](=O)[O-])ccc7N1[C@H]5[C@H]2[C@H]3C[C@H]46. The molecular weight excluding hydrogens is 358 g/mol. The lowest BCUT2D eigenvalue weighted by atomic mass is 9.53. The van der Waals surface area contributed by atoms with E-state index < -0.39 is 0 Å². The van der Waals surface area contributed by atoms with Crippen molar-refractivity contribution in [3.05, 3.63) is 45.5 Å². The summed E-state index contributed by atoms with van der Waals surface area (Å²) in [6, 6.07) is 5.56. The Balaban J connectivity index is 1.52. The molecule has 5 aliphatic heterocycles. The fourth-order valence-corrected chi connectivity index (χ4v) is 7.65. The summed E-state index contributed by atoms with van der Waals surface area (Å²) in [6.07, 6.45) is 4.67. The molecule has 1 aliphatic carbocycles. The van der Waals surface area contributed by atoms with Gasteiger partial charge in [-0.1, -0.05) is 11.6 Å². The predicted octanol–water partition coefficient (Wildman–Crippen LogP) is 2.00. The highest BCUT2D eigenvalue weighted by molar-refractivity contribution is 5.99. The van der Waals surface area contributed by atoms with Crippen LogP contribution in [0.5, 0.6) is 0 Å². The van der Waals surface area contributed by atoms with E-state index in [9.17, 15) is 14.9 Å². The van der Waals surface area contributed by atoms with Crippen molar-refractivity contribution >= 4 is 17.3 Å². The van der Waals surface area contributed by atoms with Crippen LogP contribution in [0.15, 0.2) is 29.8 Å². The number of piperidine rings is 2. The van der Waals surface area contributed by atoms with Gasteiger partial charge in [0, 0.05) is 41.7 Å². The summed E-state index contributed by atoms with van der Waals surface area (Å²) in [5.74, 6) is 0.861. The van der Waals surface area contributed by atoms with E-state index in [0.717, 1.165) is 37.2 Å². The fraction of sp³-hybridized carbons (Fsp3) is 0.571. The smallest absolute Gasteiger partial charge is 0.269 e. The van der Waals surface area contributed by atoms with Gasteiger partial charge in [0.2, 0.25) is 5.91 Å².